The molecule has 1 aliphatic rings. The summed E-state index contributed by atoms with van der Waals surface area (Å²) in [5.41, 5.74) is 0.854. The molecule has 4 heteroatoms. The van der Waals surface area contributed by atoms with Gasteiger partial charge in [0.2, 0.25) is 0 Å². The van der Waals surface area contributed by atoms with Crippen LogP contribution in [0.1, 0.15) is 51.3 Å². The quantitative estimate of drug-likeness (QED) is 0.884. The zero-order valence-electron chi connectivity index (χ0n) is 13.3. The molecule has 1 aliphatic carbocycles. The molecular weight excluding hydrogens is 276 g/mol. The number of furan rings is 1. The second kappa shape index (κ2) is 6.42. The van der Waals surface area contributed by atoms with Gasteiger partial charge in [0, 0.05) is 11.4 Å². The Labute approximate surface area is 131 Å². The van der Waals surface area contributed by atoms with E-state index in [2.05, 4.69) is 17.6 Å². The number of hydrogen-bond acceptors (Lipinski definition) is 2. The van der Waals surface area contributed by atoms with Crippen molar-refractivity contribution >= 4 is 17.0 Å². The lowest BCUT2D eigenvalue weighted by atomic mass is 9.86. The highest BCUT2D eigenvalue weighted by Gasteiger charge is 2.23. The van der Waals surface area contributed by atoms with Gasteiger partial charge in [-0.1, -0.05) is 38.0 Å². The molecule has 2 N–H and O–H groups in total. The molecule has 22 heavy (non-hydrogen) atoms. The van der Waals surface area contributed by atoms with Gasteiger partial charge in [-0.15, -0.1) is 0 Å². The first-order valence-electron chi connectivity index (χ1n) is 8.19. The molecule has 2 aromatic rings. The van der Waals surface area contributed by atoms with Crippen molar-refractivity contribution in [2.45, 2.75) is 51.6 Å². The highest BCUT2D eigenvalue weighted by molar-refractivity contribution is 5.78. The second-order valence-electron chi connectivity index (χ2n) is 6.39. The zero-order chi connectivity index (χ0) is 15.5. The van der Waals surface area contributed by atoms with E-state index in [1.807, 2.05) is 37.3 Å². The third kappa shape index (κ3) is 3.26. The number of hydrogen-bond donors (Lipinski definition) is 2. The summed E-state index contributed by atoms with van der Waals surface area (Å²) in [7, 11) is 0. The van der Waals surface area contributed by atoms with E-state index in [4.69, 9.17) is 4.42 Å². The predicted molar refractivity (Wildman–Crippen MR) is 87.7 cm³/mol. The van der Waals surface area contributed by atoms with Gasteiger partial charge in [-0.3, -0.25) is 0 Å². The summed E-state index contributed by atoms with van der Waals surface area (Å²) in [6, 6.07) is 9.91. The lowest BCUT2D eigenvalue weighted by Crippen LogP contribution is -2.46. The number of rotatable bonds is 3. The molecule has 1 aromatic carbocycles. The number of benzene rings is 1. The van der Waals surface area contributed by atoms with Crippen molar-refractivity contribution in [2.75, 3.05) is 0 Å². The molecule has 3 rings (SSSR count). The Bertz CT molecular complexity index is 616. The van der Waals surface area contributed by atoms with Crippen LogP contribution in [0.3, 0.4) is 0 Å². The summed E-state index contributed by atoms with van der Waals surface area (Å²) in [4.78, 5) is 12.2. The van der Waals surface area contributed by atoms with E-state index in [1.165, 1.54) is 19.3 Å². The van der Waals surface area contributed by atoms with Gasteiger partial charge in [-0.25, -0.2) is 4.79 Å². The van der Waals surface area contributed by atoms with Gasteiger partial charge >= 0.3 is 6.03 Å². The number of nitrogens with one attached hydrogen (secondary N) is 2. The second-order valence-corrected chi connectivity index (χ2v) is 6.39. The van der Waals surface area contributed by atoms with Crippen LogP contribution in [0.25, 0.3) is 11.0 Å². The van der Waals surface area contributed by atoms with E-state index >= 15 is 0 Å². The van der Waals surface area contributed by atoms with Crippen LogP contribution in [0.15, 0.2) is 34.7 Å². The first kappa shape index (κ1) is 14.9. The van der Waals surface area contributed by atoms with Crippen molar-refractivity contribution in [3.8, 4) is 0 Å². The minimum absolute atomic E-state index is 0.105. The molecule has 0 aliphatic heterocycles. The van der Waals surface area contributed by atoms with E-state index in [0.29, 0.717) is 5.92 Å². The highest BCUT2D eigenvalue weighted by atomic mass is 16.3. The molecule has 0 radical (unpaired) electrons. The lowest BCUT2D eigenvalue weighted by Gasteiger charge is -2.29. The van der Waals surface area contributed by atoms with Crippen molar-refractivity contribution < 1.29 is 9.21 Å². The van der Waals surface area contributed by atoms with Crippen LogP contribution in [0.4, 0.5) is 4.79 Å². The summed E-state index contributed by atoms with van der Waals surface area (Å²) >= 11 is 0. The molecule has 1 heterocycles. The Morgan fingerprint density at radius 2 is 2.05 bits per heavy atom. The average molecular weight is 300 g/mol. The summed E-state index contributed by atoms with van der Waals surface area (Å²) in [5, 5.41) is 7.15. The van der Waals surface area contributed by atoms with Crippen LogP contribution < -0.4 is 10.6 Å². The Balaban J connectivity index is 1.60. The van der Waals surface area contributed by atoms with Gasteiger partial charge in [0.15, 0.2) is 0 Å². The van der Waals surface area contributed by atoms with E-state index in [0.717, 1.165) is 23.2 Å². The topological polar surface area (TPSA) is 54.3 Å². The molecule has 2 amide bonds. The van der Waals surface area contributed by atoms with Crippen molar-refractivity contribution in [2.24, 2.45) is 5.92 Å². The molecule has 3 atom stereocenters. The molecule has 1 aromatic heterocycles. The molecule has 3 unspecified atom stereocenters. The number of carbonyl (C=O) groups is 1. The zero-order valence-corrected chi connectivity index (χ0v) is 13.3. The van der Waals surface area contributed by atoms with Crippen molar-refractivity contribution in [1.82, 2.24) is 10.6 Å². The third-order valence-corrected chi connectivity index (χ3v) is 4.65. The van der Waals surface area contributed by atoms with Crippen LogP contribution in [0.2, 0.25) is 0 Å². The predicted octanol–water partition coefficient (Wildman–Crippen LogP) is 4.37. The minimum Gasteiger partial charge on any atom is -0.459 e. The Morgan fingerprint density at radius 3 is 2.82 bits per heavy atom. The average Bonchev–Trinajstić information content (AvgIpc) is 2.93. The first-order valence-corrected chi connectivity index (χ1v) is 8.19. The minimum atomic E-state index is -0.147. The SMILES string of the molecule is CC(NC(=O)NC1CCCCC1C)c1cc2ccccc2o1. The lowest BCUT2D eigenvalue weighted by molar-refractivity contribution is 0.217. The standard InChI is InChI=1S/C18H24N2O2/c1-12-7-3-5-9-15(12)20-18(21)19-13(2)17-11-14-8-4-6-10-16(14)22-17/h4,6,8,10-13,15H,3,5,7,9H2,1-2H3,(H2,19,20,21). The molecule has 1 saturated carbocycles. The summed E-state index contributed by atoms with van der Waals surface area (Å²) in [5.74, 6) is 1.34. The fourth-order valence-corrected chi connectivity index (χ4v) is 3.22. The van der Waals surface area contributed by atoms with E-state index in [-0.39, 0.29) is 18.1 Å². The number of carbonyl (C=O) groups excluding carboxylic acids is 1. The fraction of sp³-hybridized carbons (Fsp3) is 0.500. The highest BCUT2D eigenvalue weighted by Crippen LogP contribution is 2.25. The van der Waals surface area contributed by atoms with Gasteiger partial charge in [0.25, 0.3) is 0 Å². The van der Waals surface area contributed by atoms with Crippen LogP contribution in [-0.4, -0.2) is 12.1 Å². The Kier molecular flexibility index (Phi) is 4.36. The van der Waals surface area contributed by atoms with E-state index in [9.17, 15) is 4.79 Å². The number of fused-ring (bicyclic) bond motifs is 1. The van der Waals surface area contributed by atoms with Crippen LogP contribution in [-0.2, 0) is 0 Å². The molecule has 0 bridgehead atoms. The van der Waals surface area contributed by atoms with Crippen LogP contribution in [0.5, 0.6) is 0 Å². The Morgan fingerprint density at radius 1 is 1.27 bits per heavy atom. The van der Waals surface area contributed by atoms with Gasteiger partial charge in [0.05, 0.1) is 6.04 Å². The first-order chi connectivity index (χ1) is 10.6. The Hall–Kier alpha value is -1.97. The third-order valence-electron chi connectivity index (χ3n) is 4.65. The maximum Gasteiger partial charge on any atom is 0.315 e. The van der Waals surface area contributed by atoms with Crippen LogP contribution in [0, 0.1) is 5.92 Å². The van der Waals surface area contributed by atoms with E-state index < -0.39 is 0 Å². The fourth-order valence-electron chi connectivity index (χ4n) is 3.22. The molecule has 0 saturated heterocycles. The van der Waals surface area contributed by atoms with Gasteiger partial charge in [-0.05, 0) is 37.8 Å². The maximum atomic E-state index is 12.2. The van der Waals surface area contributed by atoms with E-state index in [1.54, 1.807) is 0 Å². The molecule has 4 nitrogen and oxygen atoms in total. The largest absolute Gasteiger partial charge is 0.459 e. The van der Waals surface area contributed by atoms with Crippen molar-refractivity contribution in [3.63, 3.8) is 0 Å². The maximum absolute atomic E-state index is 12.2. The summed E-state index contributed by atoms with van der Waals surface area (Å²) in [6.45, 7) is 4.16. The van der Waals surface area contributed by atoms with Gasteiger partial charge in [0.1, 0.15) is 11.3 Å². The molecule has 1 fully saturated rings. The monoisotopic (exact) mass is 300 g/mol. The summed E-state index contributed by atoms with van der Waals surface area (Å²) < 4.78 is 5.80. The molecule has 0 spiro atoms. The van der Waals surface area contributed by atoms with Crippen molar-refractivity contribution in [3.05, 3.63) is 36.1 Å². The number of urea groups is 1. The van der Waals surface area contributed by atoms with Gasteiger partial charge in [-0.2, -0.15) is 0 Å². The normalized spacial score (nSPS) is 23.2. The number of para-hydroxylation sites is 1. The smallest absolute Gasteiger partial charge is 0.315 e. The molecular formula is C18H24N2O2. The summed E-state index contributed by atoms with van der Waals surface area (Å²) in [6.07, 6.45) is 4.75. The van der Waals surface area contributed by atoms with Gasteiger partial charge < -0.3 is 15.1 Å². The van der Waals surface area contributed by atoms with Crippen LogP contribution >= 0.6 is 0 Å². The molecule has 118 valence electrons. The number of amides is 2. The van der Waals surface area contributed by atoms with Crippen molar-refractivity contribution in [1.29, 1.82) is 0 Å².